The smallest absolute Gasteiger partial charge is 0.250 e. The number of amides is 1. The van der Waals surface area contributed by atoms with Gasteiger partial charge in [-0.1, -0.05) is 40.9 Å². The third-order valence-electron chi connectivity index (χ3n) is 2.73. The summed E-state index contributed by atoms with van der Waals surface area (Å²) in [6, 6.07) is 10.3. The number of halogens is 3. The number of nitrogens with two attached hydrogens (primary N) is 1. The number of hydrogen-bond acceptors (Lipinski definition) is 2. The fourth-order valence-corrected chi connectivity index (χ4v) is 2.44. The third-order valence-corrected chi connectivity index (χ3v) is 3.63. The van der Waals surface area contributed by atoms with Crippen LogP contribution in [0.2, 0.25) is 15.1 Å². The van der Waals surface area contributed by atoms with E-state index in [9.17, 15) is 4.79 Å². The Morgan fingerprint density at radius 1 is 1.05 bits per heavy atom. The molecule has 0 bridgehead atoms. The van der Waals surface area contributed by atoms with Gasteiger partial charge in [0.25, 0.3) is 0 Å². The standard InChI is InChI=1S/C14H11Cl3N2O/c15-9-2-1-8(12(16)5-9)7-19-10-3-4-11(14(18)20)13(17)6-10/h1-6,19H,7H2,(H2,18,20). The van der Waals surface area contributed by atoms with Crippen LogP contribution in [0, 0.1) is 0 Å². The van der Waals surface area contributed by atoms with Crippen molar-refractivity contribution >= 4 is 46.4 Å². The quantitative estimate of drug-likeness (QED) is 0.875. The summed E-state index contributed by atoms with van der Waals surface area (Å²) in [5.41, 5.74) is 7.16. The minimum Gasteiger partial charge on any atom is -0.381 e. The fraction of sp³-hybridized carbons (Fsp3) is 0.0714. The molecule has 3 nitrogen and oxygen atoms in total. The zero-order valence-electron chi connectivity index (χ0n) is 10.3. The first-order valence-corrected chi connectivity index (χ1v) is 6.88. The van der Waals surface area contributed by atoms with Crippen LogP contribution in [0.15, 0.2) is 36.4 Å². The fourth-order valence-electron chi connectivity index (χ4n) is 1.69. The zero-order chi connectivity index (χ0) is 14.7. The second-order valence-electron chi connectivity index (χ2n) is 4.15. The Labute approximate surface area is 131 Å². The topological polar surface area (TPSA) is 55.1 Å². The van der Waals surface area contributed by atoms with Gasteiger partial charge in [0.15, 0.2) is 0 Å². The summed E-state index contributed by atoms with van der Waals surface area (Å²) in [5.74, 6) is -0.553. The normalized spacial score (nSPS) is 10.3. The Hall–Kier alpha value is -1.42. The first-order valence-electron chi connectivity index (χ1n) is 5.74. The monoisotopic (exact) mass is 328 g/mol. The molecule has 2 aromatic carbocycles. The van der Waals surface area contributed by atoms with Gasteiger partial charge in [-0.3, -0.25) is 4.79 Å². The number of carbonyl (C=O) groups excluding carboxylic acids is 1. The Bertz CT molecular complexity index is 659. The van der Waals surface area contributed by atoms with Crippen LogP contribution in [0.1, 0.15) is 15.9 Å². The lowest BCUT2D eigenvalue weighted by molar-refractivity contribution is 0.100. The summed E-state index contributed by atoms with van der Waals surface area (Å²) in [5, 5.41) is 4.65. The number of carbonyl (C=O) groups is 1. The molecule has 0 aromatic heterocycles. The second-order valence-corrected chi connectivity index (χ2v) is 5.40. The van der Waals surface area contributed by atoms with Crippen LogP contribution in [-0.2, 0) is 6.54 Å². The average molecular weight is 330 g/mol. The first-order chi connectivity index (χ1) is 9.47. The molecule has 0 unspecified atom stereocenters. The highest BCUT2D eigenvalue weighted by molar-refractivity contribution is 6.35. The summed E-state index contributed by atoms with van der Waals surface area (Å²) in [6.07, 6.45) is 0. The lowest BCUT2D eigenvalue weighted by Gasteiger charge is -2.10. The van der Waals surface area contributed by atoms with Crippen molar-refractivity contribution in [2.45, 2.75) is 6.54 Å². The molecule has 2 aromatic rings. The molecular weight excluding hydrogens is 319 g/mol. The molecule has 0 spiro atoms. The van der Waals surface area contributed by atoms with Gasteiger partial charge in [0.2, 0.25) is 5.91 Å². The maximum Gasteiger partial charge on any atom is 0.250 e. The molecule has 0 aliphatic carbocycles. The highest BCUT2D eigenvalue weighted by Crippen LogP contribution is 2.24. The number of benzene rings is 2. The van der Waals surface area contributed by atoms with Crippen LogP contribution >= 0.6 is 34.8 Å². The van der Waals surface area contributed by atoms with Crippen LogP contribution < -0.4 is 11.1 Å². The number of anilines is 1. The minimum absolute atomic E-state index is 0.293. The van der Waals surface area contributed by atoms with E-state index in [-0.39, 0.29) is 0 Å². The van der Waals surface area contributed by atoms with Gasteiger partial charge in [0.1, 0.15) is 0 Å². The van der Waals surface area contributed by atoms with Gasteiger partial charge in [-0.25, -0.2) is 0 Å². The van der Waals surface area contributed by atoms with E-state index in [1.807, 2.05) is 6.07 Å². The molecule has 0 aliphatic rings. The average Bonchev–Trinajstić information content (AvgIpc) is 2.37. The van der Waals surface area contributed by atoms with Gasteiger partial charge in [-0.2, -0.15) is 0 Å². The third kappa shape index (κ3) is 3.57. The number of rotatable bonds is 4. The maximum absolute atomic E-state index is 11.1. The van der Waals surface area contributed by atoms with Crippen LogP contribution in [0.5, 0.6) is 0 Å². The molecule has 3 N–H and O–H groups in total. The Balaban J connectivity index is 2.11. The largest absolute Gasteiger partial charge is 0.381 e. The maximum atomic E-state index is 11.1. The van der Waals surface area contributed by atoms with Crippen molar-refractivity contribution in [3.05, 3.63) is 62.6 Å². The summed E-state index contributed by atoms with van der Waals surface area (Å²) in [4.78, 5) is 11.1. The molecular formula is C14H11Cl3N2O. The van der Waals surface area contributed by atoms with E-state index in [0.717, 1.165) is 11.3 Å². The van der Waals surface area contributed by atoms with Crippen molar-refractivity contribution in [2.24, 2.45) is 5.73 Å². The van der Waals surface area contributed by atoms with E-state index >= 15 is 0 Å². The van der Waals surface area contributed by atoms with Crippen molar-refractivity contribution in [3.63, 3.8) is 0 Å². The van der Waals surface area contributed by atoms with Crippen molar-refractivity contribution in [1.29, 1.82) is 0 Å². The van der Waals surface area contributed by atoms with Crippen LogP contribution in [0.25, 0.3) is 0 Å². The van der Waals surface area contributed by atoms with E-state index in [4.69, 9.17) is 40.5 Å². The molecule has 0 aliphatic heterocycles. The first kappa shape index (κ1) is 15.0. The Morgan fingerprint density at radius 2 is 1.80 bits per heavy atom. The molecule has 0 atom stereocenters. The van der Waals surface area contributed by atoms with E-state index in [2.05, 4.69) is 5.32 Å². The predicted octanol–water partition coefficient (Wildman–Crippen LogP) is 4.36. The van der Waals surface area contributed by atoms with Crippen molar-refractivity contribution in [3.8, 4) is 0 Å². The van der Waals surface area contributed by atoms with Gasteiger partial charge >= 0.3 is 0 Å². The van der Waals surface area contributed by atoms with E-state index in [1.54, 1.807) is 30.3 Å². The van der Waals surface area contributed by atoms with Gasteiger partial charge in [0, 0.05) is 22.3 Å². The number of primary amides is 1. The highest BCUT2D eigenvalue weighted by atomic mass is 35.5. The summed E-state index contributed by atoms with van der Waals surface area (Å²) in [7, 11) is 0. The lowest BCUT2D eigenvalue weighted by Crippen LogP contribution is -2.11. The molecule has 1 amide bonds. The lowest BCUT2D eigenvalue weighted by atomic mass is 10.2. The molecule has 0 fully saturated rings. The summed E-state index contributed by atoms with van der Waals surface area (Å²) >= 11 is 17.9. The van der Waals surface area contributed by atoms with Gasteiger partial charge < -0.3 is 11.1 Å². The SMILES string of the molecule is NC(=O)c1ccc(NCc2ccc(Cl)cc2Cl)cc1Cl. The van der Waals surface area contributed by atoms with E-state index < -0.39 is 5.91 Å². The van der Waals surface area contributed by atoms with E-state index in [0.29, 0.717) is 27.2 Å². The molecule has 0 saturated heterocycles. The molecule has 6 heteroatoms. The van der Waals surface area contributed by atoms with Gasteiger partial charge in [0.05, 0.1) is 10.6 Å². The van der Waals surface area contributed by atoms with Gasteiger partial charge in [-0.15, -0.1) is 0 Å². The Morgan fingerprint density at radius 3 is 2.40 bits per heavy atom. The molecule has 2 rings (SSSR count). The summed E-state index contributed by atoms with van der Waals surface area (Å²) in [6.45, 7) is 0.516. The zero-order valence-corrected chi connectivity index (χ0v) is 12.6. The Kier molecular flexibility index (Phi) is 4.76. The number of nitrogens with one attached hydrogen (secondary N) is 1. The minimum atomic E-state index is -0.553. The molecule has 20 heavy (non-hydrogen) atoms. The molecule has 0 radical (unpaired) electrons. The predicted molar refractivity (Wildman–Crippen MR) is 83.8 cm³/mol. The molecule has 0 saturated carbocycles. The highest BCUT2D eigenvalue weighted by Gasteiger charge is 2.07. The van der Waals surface area contributed by atoms with E-state index in [1.165, 1.54) is 0 Å². The van der Waals surface area contributed by atoms with Crippen LogP contribution in [-0.4, -0.2) is 5.91 Å². The molecule has 0 heterocycles. The number of hydrogen-bond donors (Lipinski definition) is 2. The van der Waals surface area contributed by atoms with Crippen molar-refractivity contribution < 1.29 is 4.79 Å². The molecule has 104 valence electrons. The van der Waals surface area contributed by atoms with Crippen molar-refractivity contribution in [2.75, 3.05) is 5.32 Å². The van der Waals surface area contributed by atoms with Gasteiger partial charge in [-0.05, 0) is 35.9 Å². The summed E-state index contributed by atoms with van der Waals surface area (Å²) < 4.78 is 0. The van der Waals surface area contributed by atoms with Crippen molar-refractivity contribution in [1.82, 2.24) is 0 Å². The van der Waals surface area contributed by atoms with Crippen LogP contribution in [0.4, 0.5) is 5.69 Å². The second kappa shape index (κ2) is 6.35. The van der Waals surface area contributed by atoms with Crippen LogP contribution in [0.3, 0.4) is 0 Å².